The quantitative estimate of drug-likeness (QED) is 0.736. The van der Waals surface area contributed by atoms with Crippen molar-refractivity contribution in [2.75, 3.05) is 17.7 Å². The van der Waals surface area contributed by atoms with Gasteiger partial charge in [-0.05, 0) is 43.3 Å². The number of nitrogens with one attached hydrogen (secondary N) is 2. The molecule has 0 saturated carbocycles. The second-order valence-electron chi connectivity index (χ2n) is 5.64. The van der Waals surface area contributed by atoms with Crippen molar-refractivity contribution in [3.8, 4) is 5.75 Å². The number of benzene rings is 2. The minimum Gasteiger partial charge on any atom is -0.495 e. The van der Waals surface area contributed by atoms with Gasteiger partial charge in [-0.3, -0.25) is 9.59 Å². The van der Waals surface area contributed by atoms with Crippen LogP contribution >= 0.6 is 11.6 Å². The van der Waals surface area contributed by atoms with Crippen LogP contribution in [0.1, 0.15) is 24.2 Å². The lowest BCUT2D eigenvalue weighted by molar-refractivity contribution is -0.123. The highest BCUT2D eigenvalue weighted by atomic mass is 35.5. The summed E-state index contributed by atoms with van der Waals surface area (Å²) in [6.45, 7) is 2.81. The predicted octanol–water partition coefficient (Wildman–Crippen LogP) is 3.49. The van der Waals surface area contributed by atoms with Gasteiger partial charge < -0.3 is 20.1 Å². The highest BCUT2D eigenvalue weighted by Gasteiger charge is 2.20. The van der Waals surface area contributed by atoms with E-state index in [9.17, 15) is 14.4 Å². The van der Waals surface area contributed by atoms with E-state index in [1.54, 1.807) is 24.3 Å². The Morgan fingerprint density at radius 1 is 1.07 bits per heavy atom. The number of amides is 2. The molecule has 0 aliphatic rings. The Morgan fingerprint density at radius 3 is 2.48 bits per heavy atom. The van der Waals surface area contributed by atoms with Gasteiger partial charge in [-0.15, -0.1) is 0 Å². The summed E-state index contributed by atoms with van der Waals surface area (Å²) in [6.07, 6.45) is -1.06. The van der Waals surface area contributed by atoms with Crippen LogP contribution in [0.3, 0.4) is 0 Å². The number of methoxy groups -OCH3 is 1. The van der Waals surface area contributed by atoms with E-state index in [1.165, 1.54) is 39.2 Å². The SMILES string of the molecule is COc1ccc(Cl)cc1NC(=O)[C@H](C)OC(=O)c1cccc(NC(C)=O)c1. The second-order valence-corrected chi connectivity index (χ2v) is 6.08. The minimum absolute atomic E-state index is 0.209. The van der Waals surface area contributed by atoms with Crippen LogP contribution in [0.2, 0.25) is 5.02 Å². The third-order valence-corrected chi connectivity index (χ3v) is 3.73. The van der Waals surface area contributed by atoms with Gasteiger partial charge >= 0.3 is 5.97 Å². The minimum atomic E-state index is -1.06. The average molecular weight is 391 g/mol. The van der Waals surface area contributed by atoms with Crippen LogP contribution < -0.4 is 15.4 Å². The van der Waals surface area contributed by atoms with Crippen LogP contribution in [0.4, 0.5) is 11.4 Å². The first-order valence-electron chi connectivity index (χ1n) is 8.03. The van der Waals surface area contributed by atoms with Crippen LogP contribution in [0.25, 0.3) is 0 Å². The molecule has 0 aliphatic carbocycles. The number of anilines is 2. The number of hydrogen-bond donors (Lipinski definition) is 2. The third-order valence-electron chi connectivity index (χ3n) is 3.49. The first-order chi connectivity index (χ1) is 12.8. The summed E-state index contributed by atoms with van der Waals surface area (Å²) >= 11 is 5.93. The number of rotatable bonds is 6. The Bertz CT molecular complexity index is 869. The molecule has 0 aliphatic heterocycles. The Morgan fingerprint density at radius 2 is 1.81 bits per heavy atom. The number of carbonyl (C=O) groups is 3. The van der Waals surface area contributed by atoms with Crippen molar-refractivity contribution in [3.63, 3.8) is 0 Å². The van der Waals surface area contributed by atoms with Crippen molar-refractivity contribution in [3.05, 3.63) is 53.1 Å². The molecule has 2 aromatic rings. The maximum Gasteiger partial charge on any atom is 0.338 e. The zero-order valence-electron chi connectivity index (χ0n) is 15.0. The number of esters is 1. The summed E-state index contributed by atoms with van der Waals surface area (Å²) in [5.41, 5.74) is 1.03. The summed E-state index contributed by atoms with van der Waals surface area (Å²) in [7, 11) is 1.46. The molecule has 0 saturated heterocycles. The molecule has 2 aromatic carbocycles. The van der Waals surface area contributed by atoms with Crippen molar-refractivity contribution < 1.29 is 23.9 Å². The maximum absolute atomic E-state index is 12.3. The van der Waals surface area contributed by atoms with Crippen LogP contribution in [0.15, 0.2) is 42.5 Å². The van der Waals surface area contributed by atoms with Crippen molar-refractivity contribution in [2.24, 2.45) is 0 Å². The summed E-state index contributed by atoms with van der Waals surface area (Å²) < 4.78 is 10.4. The van der Waals surface area contributed by atoms with Gasteiger partial charge in [0, 0.05) is 17.6 Å². The molecule has 27 heavy (non-hydrogen) atoms. The van der Waals surface area contributed by atoms with Crippen molar-refractivity contribution in [1.82, 2.24) is 0 Å². The largest absolute Gasteiger partial charge is 0.495 e. The summed E-state index contributed by atoms with van der Waals surface area (Å²) in [5.74, 6) is -1.07. The normalized spacial score (nSPS) is 11.3. The molecule has 142 valence electrons. The van der Waals surface area contributed by atoms with Gasteiger partial charge in [0.25, 0.3) is 5.91 Å². The van der Waals surface area contributed by atoms with E-state index in [-0.39, 0.29) is 11.5 Å². The summed E-state index contributed by atoms with van der Waals surface area (Å²) in [4.78, 5) is 35.7. The monoisotopic (exact) mass is 390 g/mol. The van der Waals surface area contributed by atoms with E-state index in [4.69, 9.17) is 21.1 Å². The van der Waals surface area contributed by atoms with Gasteiger partial charge in [0.05, 0.1) is 18.4 Å². The fraction of sp³-hybridized carbons (Fsp3) is 0.211. The Labute approximate surface area is 161 Å². The Hall–Kier alpha value is -3.06. The average Bonchev–Trinajstić information content (AvgIpc) is 2.61. The van der Waals surface area contributed by atoms with Crippen LogP contribution in [-0.4, -0.2) is 31.0 Å². The maximum atomic E-state index is 12.3. The lowest BCUT2D eigenvalue weighted by Crippen LogP contribution is -2.30. The van der Waals surface area contributed by atoms with E-state index >= 15 is 0 Å². The van der Waals surface area contributed by atoms with Gasteiger partial charge in [-0.25, -0.2) is 4.79 Å². The Kier molecular flexibility index (Phi) is 6.79. The topological polar surface area (TPSA) is 93.7 Å². The molecule has 1 atom stereocenters. The Balaban J connectivity index is 2.05. The molecule has 0 heterocycles. The molecule has 2 N–H and O–H groups in total. The zero-order chi connectivity index (χ0) is 20.0. The van der Waals surface area contributed by atoms with Crippen molar-refractivity contribution in [1.29, 1.82) is 0 Å². The molecule has 0 radical (unpaired) electrons. The van der Waals surface area contributed by atoms with Gasteiger partial charge in [0.2, 0.25) is 5.91 Å². The van der Waals surface area contributed by atoms with E-state index in [0.717, 1.165) is 0 Å². The summed E-state index contributed by atoms with van der Waals surface area (Å²) in [6, 6.07) is 11.0. The molecule has 2 amide bonds. The molecule has 2 rings (SSSR count). The molecule has 7 nitrogen and oxygen atoms in total. The first-order valence-corrected chi connectivity index (χ1v) is 8.41. The number of hydrogen-bond acceptors (Lipinski definition) is 5. The number of ether oxygens (including phenoxy) is 2. The van der Waals surface area contributed by atoms with Crippen molar-refractivity contribution in [2.45, 2.75) is 20.0 Å². The van der Waals surface area contributed by atoms with Gasteiger partial charge in [-0.1, -0.05) is 17.7 Å². The van der Waals surface area contributed by atoms with Gasteiger partial charge in [0.1, 0.15) is 5.75 Å². The summed E-state index contributed by atoms with van der Waals surface area (Å²) in [5, 5.41) is 5.61. The van der Waals surface area contributed by atoms with E-state index in [2.05, 4.69) is 10.6 Å². The van der Waals surface area contributed by atoms with Crippen LogP contribution in [0.5, 0.6) is 5.75 Å². The molecule has 0 unspecified atom stereocenters. The molecule has 0 bridgehead atoms. The fourth-order valence-corrected chi connectivity index (χ4v) is 2.39. The molecule has 0 spiro atoms. The fourth-order valence-electron chi connectivity index (χ4n) is 2.22. The zero-order valence-corrected chi connectivity index (χ0v) is 15.8. The molecular weight excluding hydrogens is 372 g/mol. The lowest BCUT2D eigenvalue weighted by atomic mass is 10.2. The van der Waals surface area contributed by atoms with E-state index in [0.29, 0.717) is 22.1 Å². The van der Waals surface area contributed by atoms with E-state index in [1.807, 2.05) is 0 Å². The van der Waals surface area contributed by atoms with E-state index < -0.39 is 18.0 Å². The smallest absolute Gasteiger partial charge is 0.338 e. The standard InChI is InChI=1S/C19H19ClN2O5/c1-11(18(24)22-16-10-14(20)7-8-17(16)26-3)27-19(25)13-5-4-6-15(9-13)21-12(2)23/h4-11H,1-3H3,(H,21,23)(H,22,24)/t11-/m0/s1. The first kappa shape index (κ1) is 20.3. The molecular formula is C19H19ClN2O5. The van der Waals surface area contributed by atoms with Crippen LogP contribution in [0, 0.1) is 0 Å². The highest BCUT2D eigenvalue weighted by molar-refractivity contribution is 6.31. The number of halogens is 1. The molecule has 8 heteroatoms. The lowest BCUT2D eigenvalue weighted by Gasteiger charge is -2.15. The molecule has 0 fully saturated rings. The predicted molar refractivity (Wildman–Crippen MR) is 102 cm³/mol. The molecule has 0 aromatic heterocycles. The third kappa shape index (κ3) is 5.72. The van der Waals surface area contributed by atoms with Crippen molar-refractivity contribution >= 4 is 40.8 Å². The highest BCUT2D eigenvalue weighted by Crippen LogP contribution is 2.27. The van der Waals surface area contributed by atoms with Gasteiger partial charge in [-0.2, -0.15) is 0 Å². The van der Waals surface area contributed by atoms with Crippen LogP contribution in [-0.2, 0) is 14.3 Å². The second kappa shape index (κ2) is 9.05. The number of carbonyl (C=O) groups excluding carboxylic acids is 3. The van der Waals surface area contributed by atoms with Gasteiger partial charge in [0.15, 0.2) is 6.10 Å².